The Morgan fingerprint density at radius 3 is 2.42 bits per heavy atom. The first-order valence-electron chi connectivity index (χ1n) is 3.50. The van der Waals surface area contributed by atoms with Crippen LogP contribution < -0.4 is 5.32 Å². The summed E-state index contributed by atoms with van der Waals surface area (Å²) in [6, 6.07) is 9.20. The SMILES string of the molecule is CC(=S)Nc1ccc(C#N)cc1. The molecule has 60 valence electrons. The number of nitriles is 1. The van der Waals surface area contributed by atoms with Crippen LogP contribution in [0.1, 0.15) is 12.5 Å². The highest BCUT2D eigenvalue weighted by atomic mass is 32.1. The molecule has 1 aromatic carbocycles. The van der Waals surface area contributed by atoms with Crippen LogP contribution in [0.25, 0.3) is 0 Å². The van der Waals surface area contributed by atoms with Crippen molar-refractivity contribution < 1.29 is 0 Å². The lowest BCUT2D eigenvalue weighted by molar-refractivity contribution is 1.48. The van der Waals surface area contributed by atoms with Crippen LogP contribution in [0, 0.1) is 11.3 Å². The number of thiocarbonyl (C=S) groups is 1. The van der Waals surface area contributed by atoms with Gasteiger partial charge >= 0.3 is 0 Å². The van der Waals surface area contributed by atoms with Crippen molar-refractivity contribution in [1.82, 2.24) is 0 Å². The summed E-state index contributed by atoms with van der Waals surface area (Å²) in [7, 11) is 0. The number of nitrogens with zero attached hydrogens (tertiary/aromatic N) is 1. The quantitative estimate of drug-likeness (QED) is 0.667. The fraction of sp³-hybridized carbons (Fsp3) is 0.111. The van der Waals surface area contributed by atoms with Gasteiger partial charge in [0.2, 0.25) is 0 Å². The van der Waals surface area contributed by atoms with E-state index in [1.807, 2.05) is 25.1 Å². The third-order valence-corrected chi connectivity index (χ3v) is 1.44. The largest absolute Gasteiger partial charge is 0.350 e. The summed E-state index contributed by atoms with van der Waals surface area (Å²) in [5.74, 6) is 0. The Bertz CT molecular complexity index is 321. The van der Waals surface area contributed by atoms with E-state index >= 15 is 0 Å². The second kappa shape index (κ2) is 3.84. The van der Waals surface area contributed by atoms with Gasteiger partial charge in [0.1, 0.15) is 0 Å². The van der Waals surface area contributed by atoms with E-state index in [9.17, 15) is 0 Å². The molecule has 2 nitrogen and oxygen atoms in total. The maximum absolute atomic E-state index is 8.51. The molecule has 0 aliphatic heterocycles. The Morgan fingerprint density at radius 2 is 2.00 bits per heavy atom. The van der Waals surface area contributed by atoms with Gasteiger partial charge in [-0.25, -0.2) is 0 Å². The average molecular weight is 176 g/mol. The molecule has 0 atom stereocenters. The molecule has 0 unspecified atom stereocenters. The minimum atomic E-state index is 0.655. The fourth-order valence-corrected chi connectivity index (χ4v) is 0.949. The standard InChI is InChI=1S/C9H8N2S/c1-7(12)11-9-4-2-8(6-10)3-5-9/h2-5H,1H3,(H,11,12). The van der Waals surface area contributed by atoms with Crippen LogP contribution in [-0.4, -0.2) is 4.99 Å². The Balaban J connectivity index is 2.80. The lowest BCUT2D eigenvalue weighted by Gasteiger charge is -2.02. The summed E-state index contributed by atoms with van der Waals surface area (Å²) in [5, 5.41) is 11.5. The molecule has 0 saturated heterocycles. The number of anilines is 1. The van der Waals surface area contributed by atoms with Crippen molar-refractivity contribution in [2.45, 2.75) is 6.92 Å². The van der Waals surface area contributed by atoms with Crippen LogP contribution >= 0.6 is 12.2 Å². The number of benzene rings is 1. The monoisotopic (exact) mass is 176 g/mol. The summed E-state index contributed by atoms with van der Waals surface area (Å²) in [6.07, 6.45) is 0. The molecule has 1 rings (SSSR count). The third-order valence-electron chi connectivity index (χ3n) is 1.33. The Hall–Kier alpha value is -1.40. The average Bonchev–Trinajstić information content (AvgIpc) is 2.05. The van der Waals surface area contributed by atoms with Gasteiger partial charge in [-0.1, -0.05) is 12.2 Å². The molecule has 0 saturated carbocycles. The molecule has 0 fully saturated rings. The molecule has 0 radical (unpaired) electrons. The summed E-state index contributed by atoms with van der Waals surface area (Å²) in [5.41, 5.74) is 1.57. The van der Waals surface area contributed by atoms with Gasteiger partial charge in [0.25, 0.3) is 0 Å². The smallest absolute Gasteiger partial charge is 0.0991 e. The second-order valence-corrected chi connectivity index (χ2v) is 2.98. The Kier molecular flexibility index (Phi) is 2.78. The van der Waals surface area contributed by atoms with E-state index in [2.05, 4.69) is 5.32 Å². The summed E-state index contributed by atoms with van der Waals surface area (Å²) >= 11 is 4.86. The zero-order valence-corrected chi connectivity index (χ0v) is 7.48. The van der Waals surface area contributed by atoms with Crippen molar-refractivity contribution in [2.75, 3.05) is 5.32 Å². The first-order valence-corrected chi connectivity index (χ1v) is 3.91. The lowest BCUT2D eigenvalue weighted by atomic mass is 10.2. The number of hydrogen-bond donors (Lipinski definition) is 1. The van der Waals surface area contributed by atoms with Crippen LogP contribution in [0.4, 0.5) is 5.69 Å². The van der Waals surface area contributed by atoms with E-state index in [1.54, 1.807) is 12.1 Å². The van der Waals surface area contributed by atoms with Crippen molar-refractivity contribution in [3.05, 3.63) is 29.8 Å². The molecule has 0 aromatic heterocycles. The maximum atomic E-state index is 8.51. The molecule has 1 N–H and O–H groups in total. The van der Waals surface area contributed by atoms with Gasteiger partial charge in [-0.3, -0.25) is 0 Å². The molecular formula is C9H8N2S. The normalized spacial score (nSPS) is 8.67. The van der Waals surface area contributed by atoms with Gasteiger partial charge in [-0.05, 0) is 31.2 Å². The topological polar surface area (TPSA) is 35.8 Å². The van der Waals surface area contributed by atoms with Gasteiger partial charge in [-0.2, -0.15) is 5.26 Å². The highest BCUT2D eigenvalue weighted by Gasteiger charge is 1.92. The van der Waals surface area contributed by atoms with Crippen LogP contribution in [0.15, 0.2) is 24.3 Å². The van der Waals surface area contributed by atoms with Gasteiger partial charge in [0, 0.05) is 5.69 Å². The first-order chi connectivity index (χ1) is 5.72. The predicted molar refractivity (Wildman–Crippen MR) is 53.1 cm³/mol. The van der Waals surface area contributed by atoms with Crippen molar-refractivity contribution in [2.24, 2.45) is 0 Å². The van der Waals surface area contributed by atoms with E-state index in [1.165, 1.54) is 0 Å². The number of hydrogen-bond acceptors (Lipinski definition) is 2. The molecular weight excluding hydrogens is 168 g/mol. The summed E-state index contributed by atoms with van der Waals surface area (Å²) in [4.78, 5) is 0.722. The van der Waals surface area contributed by atoms with Crippen LogP contribution in [0.3, 0.4) is 0 Å². The van der Waals surface area contributed by atoms with Crippen molar-refractivity contribution in [1.29, 1.82) is 5.26 Å². The van der Waals surface area contributed by atoms with Crippen LogP contribution in [-0.2, 0) is 0 Å². The van der Waals surface area contributed by atoms with Gasteiger partial charge in [-0.15, -0.1) is 0 Å². The zero-order valence-electron chi connectivity index (χ0n) is 6.66. The molecule has 0 heterocycles. The summed E-state index contributed by atoms with van der Waals surface area (Å²) < 4.78 is 0. The van der Waals surface area contributed by atoms with Crippen LogP contribution in [0.2, 0.25) is 0 Å². The van der Waals surface area contributed by atoms with Crippen molar-refractivity contribution in [3.8, 4) is 6.07 Å². The lowest BCUT2D eigenvalue weighted by Crippen LogP contribution is -2.02. The highest BCUT2D eigenvalue weighted by Crippen LogP contribution is 2.08. The maximum Gasteiger partial charge on any atom is 0.0991 e. The summed E-state index contributed by atoms with van der Waals surface area (Å²) in [6.45, 7) is 1.81. The van der Waals surface area contributed by atoms with Crippen molar-refractivity contribution >= 4 is 22.9 Å². The van der Waals surface area contributed by atoms with E-state index in [4.69, 9.17) is 17.5 Å². The molecule has 0 amide bonds. The van der Waals surface area contributed by atoms with E-state index in [-0.39, 0.29) is 0 Å². The molecule has 1 aromatic rings. The first kappa shape index (κ1) is 8.69. The number of rotatable bonds is 1. The Labute approximate surface area is 76.8 Å². The van der Waals surface area contributed by atoms with Crippen LogP contribution in [0.5, 0.6) is 0 Å². The van der Waals surface area contributed by atoms with E-state index in [0.717, 1.165) is 10.7 Å². The second-order valence-electron chi connectivity index (χ2n) is 2.37. The van der Waals surface area contributed by atoms with E-state index in [0.29, 0.717) is 5.56 Å². The van der Waals surface area contributed by atoms with Crippen molar-refractivity contribution in [3.63, 3.8) is 0 Å². The molecule has 12 heavy (non-hydrogen) atoms. The minimum absolute atomic E-state index is 0.655. The van der Waals surface area contributed by atoms with Gasteiger partial charge in [0.05, 0.1) is 16.6 Å². The molecule has 0 bridgehead atoms. The molecule has 0 spiro atoms. The zero-order chi connectivity index (χ0) is 8.97. The van der Waals surface area contributed by atoms with Gasteiger partial charge < -0.3 is 5.32 Å². The molecule has 0 aliphatic carbocycles. The Morgan fingerprint density at radius 1 is 1.42 bits per heavy atom. The predicted octanol–water partition coefficient (Wildman–Crippen LogP) is 2.32. The van der Waals surface area contributed by atoms with E-state index < -0.39 is 0 Å². The highest BCUT2D eigenvalue weighted by molar-refractivity contribution is 7.80. The molecule has 3 heteroatoms. The number of nitrogens with one attached hydrogen (secondary N) is 1. The fourth-order valence-electron chi connectivity index (χ4n) is 0.831. The third kappa shape index (κ3) is 2.33. The molecule has 0 aliphatic rings. The minimum Gasteiger partial charge on any atom is -0.350 e. The van der Waals surface area contributed by atoms with Gasteiger partial charge in [0.15, 0.2) is 0 Å².